The van der Waals surface area contributed by atoms with E-state index in [1.807, 2.05) is 39.0 Å². The first-order chi connectivity index (χ1) is 61.6. The number of furan rings is 4. The highest BCUT2D eigenvalue weighted by Gasteiger charge is 2.28. The van der Waals surface area contributed by atoms with Gasteiger partial charge >= 0.3 is 0 Å². The average Bonchev–Trinajstić information content (AvgIpc) is 1.80. The van der Waals surface area contributed by atoms with Gasteiger partial charge in [0, 0.05) is 102 Å². The molecule has 0 spiro atoms. The molecule has 17 aromatic rings. The number of methoxy groups -OCH3 is 8. The summed E-state index contributed by atoms with van der Waals surface area (Å²) >= 11 is 0. The summed E-state index contributed by atoms with van der Waals surface area (Å²) < 4.78 is 90.6. The van der Waals surface area contributed by atoms with Crippen molar-refractivity contribution in [3.8, 4) is 92.5 Å². The third-order valence-corrected chi connectivity index (χ3v) is 20.6. The number of aromatic nitrogens is 9. The van der Waals surface area contributed by atoms with Gasteiger partial charge in [-0.25, -0.2) is 44.9 Å². The number of benzene rings is 8. The molecular formula is C94H87N13O20. The zero-order valence-electron chi connectivity index (χ0n) is 71.8. The Morgan fingerprint density at radius 2 is 0.709 bits per heavy atom. The van der Waals surface area contributed by atoms with Gasteiger partial charge in [0.2, 0.25) is 23.5 Å². The molecule has 1 aliphatic carbocycles. The van der Waals surface area contributed by atoms with Crippen molar-refractivity contribution in [1.29, 1.82) is 0 Å². The number of rotatable bonds is 25. The second-order valence-electron chi connectivity index (χ2n) is 29.0. The van der Waals surface area contributed by atoms with E-state index in [2.05, 4.69) is 66.1 Å². The van der Waals surface area contributed by atoms with Crippen LogP contribution in [0.1, 0.15) is 98.1 Å². The molecule has 0 radical (unpaired) electrons. The van der Waals surface area contributed by atoms with Crippen LogP contribution in [-0.2, 0) is 6.42 Å². The molecule has 8 aromatic carbocycles. The molecule has 1 aliphatic rings. The van der Waals surface area contributed by atoms with E-state index in [0.29, 0.717) is 234 Å². The minimum absolute atomic E-state index is 0.0288. The fraction of sp³-hybridized carbons (Fsp3) is 0.223. The van der Waals surface area contributed by atoms with Crippen LogP contribution in [-0.4, -0.2) is 145 Å². The number of nitrogens with zero attached hydrogens (tertiary/aromatic N) is 9. The van der Waals surface area contributed by atoms with Crippen molar-refractivity contribution < 1.29 is 93.7 Å². The summed E-state index contributed by atoms with van der Waals surface area (Å²) in [5, 5.41) is 16.9. The molecule has 9 aromatic heterocycles. The summed E-state index contributed by atoms with van der Waals surface area (Å²) in [5.74, 6) is 10.6. The van der Waals surface area contributed by atoms with E-state index in [1.54, 1.807) is 212 Å². The van der Waals surface area contributed by atoms with Gasteiger partial charge in [0.15, 0.2) is 46.0 Å². The van der Waals surface area contributed by atoms with E-state index >= 15 is 0 Å². The maximum Gasteiger partial charge on any atom is 0.260 e. The summed E-state index contributed by atoms with van der Waals surface area (Å²) in [6, 6.07) is 40.8. The number of fused-ring (bicyclic) bond motifs is 8. The van der Waals surface area contributed by atoms with Crippen LogP contribution in [0.3, 0.4) is 0 Å². The third-order valence-electron chi connectivity index (χ3n) is 20.6. The monoisotopic (exact) mass is 1720 g/mol. The zero-order chi connectivity index (χ0) is 89.3. The van der Waals surface area contributed by atoms with E-state index in [9.17, 15) is 19.2 Å². The molecule has 0 bridgehead atoms. The topological polar surface area (TPSA) is 396 Å². The molecule has 4 N–H and O–H groups in total. The van der Waals surface area contributed by atoms with Crippen LogP contribution in [0.15, 0.2) is 189 Å². The van der Waals surface area contributed by atoms with Crippen molar-refractivity contribution in [2.45, 2.75) is 66.8 Å². The van der Waals surface area contributed by atoms with Gasteiger partial charge in [0.25, 0.3) is 23.6 Å². The lowest BCUT2D eigenvalue weighted by atomic mass is 10.1. The summed E-state index contributed by atoms with van der Waals surface area (Å²) in [5.41, 5.74) is 6.92. The number of anilines is 1. The van der Waals surface area contributed by atoms with Crippen molar-refractivity contribution in [3.63, 3.8) is 0 Å². The van der Waals surface area contributed by atoms with Gasteiger partial charge in [-0.05, 0) is 138 Å². The van der Waals surface area contributed by atoms with Crippen LogP contribution < -0.4 is 78.1 Å². The Labute approximate surface area is 725 Å². The summed E-state index contributed by atoms with van der Waals surface area (Å²) in [6.07, 6.45) is 10.3. The minimum Gasteiger partial charge on any atom is -0.493 e. The quantitative estimate of drug-likeness (QED) is 0.0413. The van der Waals surface area contributed by atoms with E-state index < -0.39 is 0 Å². The summed E-state index contributed by atoms with van der Waals surface area (Å²) in [6.45, 7) is 11.8. The van der Waals surface area contributed by atoms with Gasteiger partial charge < -0.3 is 95.8 Å². The van der Waals surface area contributed by atoms with Gasteiger partial charge in [0.05, 0.1) is 123 Å². The molecule has 9 heterocycles. The molecule has 1 saturated carbocycles. The van der Waals surface area contributed by atoms with Crippen LogP contribution in [0.25, 0.3) is 87.5 Å². The molecule has 0 atom stereocenters. The highest BCUT2D eigenvalue weighted by molar-refractivity contribution is 6.14. The number of amides is 4. The minimum atomic E-state index is -0.300. The average molecular weight is 1720 g/mol. The molecule has 33 nitrogen and oxygen atoms in total. The number of nitrogens with one attached hydrogen (secondary N) is 4. The van der Waals surface area contributed by atoms with Gasteiger partial charge in [0.1, 0.15) is 99.5 Å². The Morgan fingerprint density at radius 1 is 0.378 bits per heavy atom. The molecule has 648 valence electrons. The molecule has 4 amide bonds. The molecule has 0 unspecified atom stereocenters. The molecular weight excluding hydrogens is 1630 g/mol. The molecule has 127 heavy (non-hydrogen) atoms. The van der Waals surface area contributed by atoms with Crippen LogP contribution in [0, 0.1) is 26.7 Å². The zero-order valence-corrected chi connectivity index (χ0v) is 71.8. The normalized spacial score (nSPS) is 11.6. The van der Waals surface area contributed by atoms with Gasteiger partial charge in [-0.1, -0.05) is 13.0 Å². The third kappa shape index (κ3) is 18.4. The lowest BCUT2D eigenvalue weighted by Crippen LogP contribution is -2.30. The Morgan fingerprint density at radius 3 is 1.02 bits per heavy atom. The number of carbonyl (C=O) groups is 4. The second-order valence-corrected chi connectivity index (χ2v) is 29.0. The Hall–Kier alpha value is -16.1. The number of hydrogen-bond donors (Lipinski definition) is 4. The lowest BCUT2D eigenvalue weighted by Gasteiger charge is -2.11. The SMILES string of the molecule is CCc1oc2cc(Oc3ncnc4cc(OC)c(OC)cc34)ccc2c1C(=O)NC.COc1cc2ncnc(Oc3ccc4c(C(=O)NC(C)C)c(C)oc4c3)c2cc1OC.COc1cc2ncnc(Oc3ccc4c(C(=O)NCC5CC5)c(C)oc4c3)c2cc1OC.COc1cc2ncnc(Oc3ccc4c(C(=O)Nc5ccccn5)c(C)oc4c3)c2cc1OC. The predicted octanol–water partition coefficient (Wildman–Crippen LogP) is 18.5. The van der Waals surface area contributed by atoms with Gasteiger partial charge in [-0.15, -0.1) is 0 Å². The highest BCUT2D eigenvalue weighted by Crippen LogP contribution is 2.44. The van der Waals surface area contributed by atoms with E-state index in [1.165, 1.54) is 38.2 Å². The van der Waals surface area contributed by atoms with E-state index in [4.69, 9.17) is 74.5 Å². The summed E-state index contributed by atoms with van der Waals surface area (Å²) in [7, 11) is 14.1. The molecule has 33 heteroatoms. The number of aryl methyl sites for hydroxylation is 4. The first-order valence-corrected chi connectivity index (χ1v) is 40.0. The highest BCUT2D eigenvalue weighted by atomic mass is 16.5. The molecule has 18 rings (SSSR count). The number of carbonyl (C=O) groups excluding carboxylic acids is 4. The fourth-order valence-electron chi connectivity index (χ4n) is 14.3. The van der Waals surface area contributed by atoms with E-state index in [-0.39, 0.29) is 29.7 Å². The van der Waals surface area contributed by atoms with Crippen molar-refractivity contribution in [3.05, 3.63) is 216 Å². The van der Waals surface area contributed by atoms with Crippen molar-refractivity contribution in [2.75, 3.05) is 75.8 Å². The van der Waals surface area contributed by atoms with Gasteiger partial charge in [-0.3, -0.25) is 19.2 Å². The van der Waals surface area contributed by atoms with Crippen LogP contribution in [0.4, 0.5) is 5.82 Å². The van der Waals surface area contributed by atoms with Crippen LogP contribution in [0.2, 0.25) is 0 Å². The second kappa shape index (κ2) is 37.7. The largest absolute Gasteiger partial charge is 0.493 e. The molecule has 0 saturated heterocycles. The Kier molecular flexibility index (Phi) is 25.5. The van der Waals surface area contributed by atoms with Crippen LogP contribution in [0.5, 0.6) is 92.5 Å². The van der Waals surface area contributed by atoms with Crippen LogP contribution >= 0.6 is 0 Å². The van der Waals surface area contributed by atoms with Crippen molar-refractivity contribution >= 4 is 117 Å². The predicted molar refractivity (Wildman–Crippen MR) is 473 cm³/mol. The fourth-order valence-corrected chi connectivity index (χ4v) is 14.3. The van der Waals surface area contributed by atoms with E-state index in [0.717, 1.165) is 16.2 Å². The Balaban J connectivity index is 0.000000131. The molecule has 0 aliphatic heterocycles. The first-order valence-electron chi connectivity index (χ1n) is 40.0. The van der Waals surface area contributed by atoms with Gasteiger partial charge in [-0.2, -0.15) is 0 Å². The van der Waals surface area contributed by atoms with Crippen molar-refractivity contribution in [1.82, 2.24) is 60.8 Å². The summed E-state index contributed by atoms with van der Waals surface area (Å²) in [4.78, 5) is 88.7. The Bertz CT molecular complexity index is 7030. The number of hydrogen-bond acceptors (Lipinski definition) is 29. The smallest absolute Gasteiger partial charge is 0.260 e. The van der Waals surface area contributed by atoms with Crippen molar-refractivity contribution in [2.24, 2.45) is 5.92 Å². The maximum absolute atomic E-state index is 12.9. The lowest BCUT2D eigenvalue weighted by molar-refractivity contribution is 0.0937. The first kappa shape index (κ1) is 85.9. The number of ether oxygens (including phenoxy) is 12. The number of pyridine rings is 1. The standard InChI is InChI=1S/C25H20N4O5.C24H23N3O5.C23H23N3O5.C22H21N3O5/c1-14-23(24(30)29-22-6-4-5-9-26-22)16-8-7-15(10-19(16)33-14)34-25-17-11-20(31-2)21(32-3)12-18(17)27-13-28-25;1-13-22(23(28)25-11-14-4-5-14)16-7-6-15(8-19(16)31-13)32-24-17-9-20(29-2)21(30-3)10-18(17)26-12-27-24;1-12(2)26-22(27)21-13(3)30-18-8-14(6-7-15(18)21)31-23-16-9-19(28-4)20(29-5)10-17(16)24-11-25-23;1-5-16-20(21(26)23-2)13-7-6-12(8-17(13)30-16)29-22-14-9-18(27-3)19(28-4)10-15(14)24-11-25-22/h4-13H,1-3H3,(H,26,29,30);6-10,12,14H,4-5,11H2,1-3H3,(H,25,28);6-12H,1-5H3,(H,26,27);6-11H,5H2,1-4H3,(H,23,26). The molecule has 1 fully saturated rings. The maximum atomic E-state index is 12.9.